The average molecular weight is 301 g/mol. The lowest BCUT2D eigenvalue weighted by Crippen LogP contribution is -1.90. The monoisotopic (exact) mass is 301 g/mol. The van der Waals surface area contributed by atoms with Crippen molar-refractivity contribution in [3.63, 3.8) is 0 Å². The molecule has 0 atom stereocenters. The van der Waals surface area contributed by atoms with Crippen LogP contribution in [0.4, 0.5) is 5.69 Å². The van der Waals surface area contributed by atoms with E-state index in [1.165, 1.54) is 34.4 Å². The summed E-state index contributed by atoms with van der Waals surface area (Å²) in [4.78, 5) is 24.2. The lowest BCUT2D eigenvalue weighted by molar-refractivity contribution is -0.384. The quantitative estimate of drug-likeness (QED) is 0.341. The number of nitrogens with zero attached hydrogens (tertiary/aromatic N) is 1. The minimum Gasteiger partial charge on any atom is -0.288 e. The van der Waals surface area contributed by atoms with Crippen molar-refractivity contribution >= 4 is 28.9 Å². The van der Waals surface area contributed by atoms with Crippen LogP contribution < -0.4 is 0 Å². The van der Waals surface area contributed by atoms with Crippen molar-refractivity contribution in [2.45, 2.75) is 19.8 Å². The third-order valence-corrected chi connectivity index (χ3v) is 4.07. The molecule has 5 heteroatoms. The molecular formula is C16H15NO3S. The van der Waals surface area contributed by atoms with E-state index in [0.29, 0.717) is 10.4 Å². The van der Waals surface area contributed by atoms with Gasteiger partial charge in [-0.15, -0.1) is 11.3 Å². The molecule has 1 heterocycles. The summed E-state index contributed by atoms with van der Waals surface area (Å²) in [5.41, 5.74) is 0.661. The molecule has 1 aromatic heterocycles. The summed E-state index contributed by atoms with van der Waals surface area (Å²) in [7, 11) is 0. The molecule has 0 aliphatic carbocycles. The number of aryl methyl sites for hydroxylation is 1. The van der Waals surface area contributed by atoms with Crippen LogP contribution in [-0.2, 0) is 6.42 Å². The SMILES string of the molecule is CCCc1ccc(C(=O)/C=C/c2cccc([N+](=O)[O-])c2)s1. The summed E-state index contributed by atoms with van der Waals surface area (Å²) >= 11 is 1.50. The number of benzene rings is 1. The molecule has 0 N–H and O–H groups in total. The number of carbonyl (C=O) groups is 1. The van der Waals surface area contributed by atoms with E-state index in [4.69, 9.17) is 0 Å². The van der Waals surface area contributed by atoms with Gasteiger partial charge >= 0.3 is 0 Å². The second kappa shape index (κ2) is 6.95. The molecule has 108 valence electrons. The van der Waals surface area contributed by atoms with Crippen LogP contribution >= 0.6 is 11.3 Å². The number of non-ortho nitro benzene ring substituents is 1. The first-order valence-electron chi connectivity index (χ1n) is 6.65. The standard InChI is InChI=1S/C16H15NO3S/c1-2-4-14-8-10-16(21-14)15(18)9-7-12-5-3-6-13(11-12)17(19)20/h3,5-11H,2,4H2,1H3/b9-7+. The van der Waals surface area contributed by atoms with Crippen LogP contribution in [0.15, 0.2) is 42.5 Å². The van der Waals surface area contributed by atoms with Gasteiger partial charge in [-0.3, -0.25) is 14.9 Å². The highest BCUT2D eigenvalue weighted by Crippen LogP contribution is 2.20. The molecule has 0 unspecified atom stereocenters. The Morgan fingerprint density at radius 2 is 2.14 bits per heavy atom. The Labute approximate surface area is 126 Å². The Morgan fingerprint density at radius 3 is 2.86 bits per heavy atom. The molecule has 0 bridgehead atoms. The maximum absolute atomic E-state index is 12.0. The second-order valence-corrected chi connectivity index (χ2v) is 5.73. The minimum absolute atomic E-state index is 0.0194. The molecule has 0 spiro atoms. The third-order valence-electron chi connectivity index (χ3n) is 2.91. The summed E-state index contributed by atoms with van der Waals surface area (Å²) in [5, 5.41) is 10.7. The average Bonchev–Trinajstić information content (AvgIpc) is 2.94. The van der Waals surface area contributed by atoms with Crippen molar-refractivity contribution in [2.24, 2.45) is 0 Å². The van der Waals surface area contributed by atoms with Crippen molar-refractivity contribution in [3.05, 3.63) is 67.9 Å². The van der Waals surface area contributed by atoms with Crippen molar-refractivity contribution in [1.29, 1.82) is 0 Å². The van der Waals surface area contributed by atoms with E-state index in [1.54, 1.807) is 18.2 Å². The van der Waals surface area contributed by atoms with Gasteiger partial charge in [-0.1, -0.05) is 31.6 Å². The van der Waals surface area contributed by atoms with Gasteiger partial charge < -0.3 is 0 Å². The van der Waals surface area contributed by atoms with Gasteiger partial charge in [-0.2, -0.15) is 0 Å². The van der Waals surface area contributed by atoms with Gasteiger partial charge in [-0.25, -0.2) is 0 Å². The van der Waals surface area contributed by atoms with Crippen LogP contribution in [0.2, 0.25) is 0 Å². The Bertz CT molecular complexity index is 688. The first-order valence-corrected chi connectivity index (χ1v) is 7.47. The smallest absolute Gasteiger partial charge is 0.270 e. The molecule has 0 aliphatic rings. The molecule has 2 rings (SSSR count). The first-order chi connectivity index (χ1) is 10.1. The number of nitro benzene ring substituents is 1. The topological polar surface area (TPSA) is 60.2 Å². The predicted molar refractivity (Wildman–Crippen MR) is 84.8 cm³/mol. The fourth-order valence-corrected chi connectivity index (χ4v) is 2.92. The van der Waals surface area contributed by atoms with E-state index >= 15 is 0 Å². The summed E-state index contributed by atoms with van der Waals surface area (Å²) < 4.78 is 0. The zero-order valence-electron chi connectivity index (χ0n) is 11.6. The zero-order valence-corrected chi connectivity index (χ0v) is 12.4. The Balaban J connectivity index is 2.10. The van der Waals surface area contributed by atoms with E-state index in [0.717, 1.165) is 12.8 Å². The fourth-order valence-electron chi connectivity index (χ4n) is 1.89. The van der Waals surface area contributed by atoms with Gasteiger partial charge in [0.2, 0.25) is 0 Å². The van der Waals surface area contributed by atoms with Crippen LogP contribution in [-0.4, -0.2) is 10.7 Å². The van der Waals surface area contributed by atoms with Crippen LogP contribution in [0, 0.1) is 10.1 Å². The van der Waals surface area contributed by atoms with Gasteiger partial charge in [0, 0.05) is 17.0 Å². The first kappa shape index (κ1) is 15.1. The summed E-state index contributed by atoms with van der Waals surface area (Å²) in [5.74, 6) is -0.0751. The Kier molecular flexibility index (Phi) is 5.00. The number of hydrogen-bond acceptors (Lipinski definition) is 4. The van der Waals surface area contributed by atoms with E-state index in [-0.39, 0.29) is 11.5 Å². The Morgan fingerprint density at radius 1 is 1.33 bits per heavy atom. The number of hydrogen-bond donors (Lipinski definition) is 0. The summed E-state index contributed by atoms with van der Waals surface area (Å²) in [6.45, 7) is 2.10. The van der Waals surface area contributed by atoms with E-state index in [2.05, 4.69) is 6.92 Å². The van der Waals surface area contributed by atoms with E-state index in [1.807, 2.05) is 12.1 Å². The number of ketones is 1. The maximum Gasteiger partial charge on any atom is 0.270 e. The van der Waals surface area contributed by atoms with E-state index in [9.17, 15) is 14.9 Å². The van der Waals surface area contributed by atoms with Gasteiger partial charge in [-0.05, 0) is 30.2 Å². The van der Waals surface area contributed by atoms with Crippen molar-refractivity contribution in [3.8, 4) is 0 Å². The molecule has 1 aromatic carbocycles. The van der Waals surface area contributed by atoms with E-state index < -0.39 is 4.92 Å². The molecule has 4 nitrogen and oxygen atoms in total. The third kappa shape index (κ3) is 4.10. The Hall–Kier alpha value is -2.27. The van der Waals surface area contributed by atoms with Crippen LogP contribution in [0.25, 0.3) is 6.08 Å². The highest BCUT2D eigenvalue weighted by atomic mass is 32.1. The molecule has 0 amide bonds. The minimum atomic E-state index is -0.449. The van der Waals surface area contributed by atoms with Crippen molar-refractivity contribution in [2.75, 3.05) is 0 Å². The highest BCUT2D eigenvalue weighted by Gasteiger charge is 2.07. The van der Waals surface area contributed by atoms with Gasteiger partial charge in [0.25, 0.3) is 5.69 Å². The molecule has 0 saturated heterocycles. The number of carbonyl (C=O) groups excluding carboxylic acids is 1. The largest absolute Gasteiger partial charge is 0.288 e. The predicted octanol–water partition coefficient (Wildman–Crippen LogP) is 4.50. The van der Waals surface area contributed by atoms with Crippen molar-refractivity contribution < 1.29 is 9.72 Å². The normalized spacial score (nSPS) is 10.9. The lowest BCUT2D eigenvalue weighted by atomic mass is 10.1. The number of rotatable bonds is 6. The zero-order chi connectivity index (χ0) is 15.2. The number of nitro groups is 1. The van der Waals surface area contributed by atoms with Crippen molar-refractivity contribution in [1.82, 2.24) is 0 Å². The van der Waals surface area contributed by atoms with Gasteiger partial charge in [0.15, 0.2) is 5.78 Å². The number of thiophene rings is 1. The molecular weight excluding hydrogens is 286 g/mol. The van der Waals surface area contributed by atoms with Crippen LogP contribution in [0.5, 0.6) is 0 Å². The maximum atomic E-state index is 12.0. The number of allylic oxidation sites excluding steroid dienone is 1. The fraction of sp³-hybridized carbons (Fsp3) is 0.188. The molecule has 21 heavy (non-hydrogen) atoms. The highest BCUT2D eigenvalue weighted by molar-refractivity contribution is 7.14. The summed E-state index contributed by atoms with van der Waals surface area (Å²) in [6.07, 6.45) is 5.10. The molecule has 0 fully saturated rings. The van der Waals surface area contributed by atoms with Crippen LogP contribution in [0.1, 0.15) is 33.5 Å². The molecule has 2 aromatic rings. The van der Waals surface area contributed by atoms with Gasteiger partial charge in [0.1, 0.15) is 0 Å². The summed E-state index contributed by atoms with van der Waals surface area (Å²) in [6, 6.07) is 10.0. The second-order valence-electron chi connectivity index (χ2n) is 4.57. The van der Waals surface area contributed by atoms with Crippen LogP contribution in [0.3, 0.4) is 0 Å². The van der Waals surface area contributed by atoms with Gasteiger partial charge in [0.05, 0.1) is 9.80 Å². The molecule has 0 aliphatic heterocycles. The lowest BCUT2D eigenvalue weighted by Gasteiger charge is -1.94. The molecule has 0 radical (unpaired) electrons. The molecule has 0 saturated carbocycles.